The number of aromatic nitrogens is 6. The van der Waals surface area contributed by atoms with Crippen LogP contribution >= 0.6 is 0 Å². The zero-order valence-corrected chi connectivity index (χ0v) is 79.1. The van der Waals surface area contributed by atoms with E-state index in [0.29, 0.717) is 0 Å². The molecule has 0 atom stereocenters. The van der Waals surface area contributed by atoms with Crippen LogP contribution in [0.25, 0.3) is 172 Å². The molecule has 0 aliphatic heterocycles. The number of nitrogens with zero attached hydrogens (tertiary/aromatic N) is 6. The molecule has 0 amide bonds. The zero-order valence-electron chi connectivity index (χ0n) is 71.9. The number of benzene rings is 14. The maximum atomic E-state index is 4.76. The van der Waals surface area contributed by atoms with Gasteiger partial charge in [0.2, 0.25) is 0 Å². The van der Waals surface area contributed by atoms with Crippen LogP contribution < -0.4 is 0 Å². The van der Waals surface area contributed by atoms with Crippen molar-refractivity contribution in [2.45, 2.75) is 105 Å². The quantitative estimate of drug-likeness (QED) is 0.121. The van der Waals surface area contributed by atoms with Gasteiger partial charge in [-0.1, -0.05) is 283 Å². The smallest absolute Gasteiger partial charge is 0.0541 e. The molecule has 0 unspecified atom stereocenters. The molecule has 0 N–H and O–H groups in total. The van der Waals surface area contributed by atoms with Crippen molar-refractivity contribution in [1.82, 2.24) is 28.7 Å². The molecule has 9 heteroatoms. The minimum atomic E-state index is 0. The Labute approximate surface area is 769 Å². The molecule has 6 heterocycles. The maximum absolute atomic E-state index is 4.76. The Morgan fingerprint density at radius 2 is 0.460 bits per heavy atom. The monoisotopic (exact) mass is 2140 g/mol. The van der Waals surface area contributed by atoms with Crippen LogP contribution in [0, 0.1) is 18.2 Å². The molecule has 6 aromatic heterocycles. The predicted molar refractivity (Wildman–Crippen MR) is 511 cm³/mol. The fourth-order valence-corrected chi connectivity index (χ4v) is 16.7. The summed E-state index contributed by atoms with van der Waals surface area (Å²) >= 11 is 0. The molecule has 0 saturated heterocycles. The number of pyridine rings is 3. The molecule has 3 radical (unpaired) electrons. The molecule has 0 saturated carbocycles. The van der Waals surface area contributed by atoms with E-state index in [1.165, 1.54) is 143 Å². The fraction of sp³-hybridized carbons (Fsp3) is 0.139. The third-order valence-corrected chi connectivity index (χ3v) is 23.6. The van der Waals surface area contributed by atoms with Gasteiger partial charge in [-0.3, -0.25) is 0 Å². The van der Waals surface area contributed by atoms with E-state index in [-0.39, 0.29) is 82.0 Å². The summed E-state index contributed by atoms with van der Waals surface area (Å²) in [6.45, 7) is 27.0. The van der Waals surface area contributed by atoms with Crippen LogP contribution in [-0.4, -0.2) is 28.7 Å². The molecule has 0 aliphatic carbocycles. The van der Waals surface area contributed by atoms with Crippen molar-refractivity contribution in [2.24, 2.45) is 0 Å². The third-order valence-electron chi connectivity index (χ3n) is 23.6. The topological polar surface area (TPSA) is 53.5 Å². The summed E-state index contributed by atoms with van der Waals surface area (Å²) < 4.78 is 7.10. The van der Waals surface area contributed by atoms with Gasteiger partial charge in [-0.15, -0.1) is 107 Å². The number of fused-ring (bicyclic) bond motifs is 9. The van der Waals surface area contributed by atoms with E-state index >= 15 is 0 Å². The Morgan fingerprint density at radius 1 is 0.210 bits per heavy atom. The van der Waals surface area contributed by atoms with Gasteiger partial charge in [0.1, 0.15) is 0 Å². The van der Waals surface area contributed by atoms with Crippen molar-refractivity contribution >= 4 is 65.4 Å². The van der Waals surface area contributed by atoms with Crippen LogP contribution in [0.5, 0.6) is 0 Å². The van der Waals surface area contributed by atoms with Crippen LogP contribution in [0.1, 0.15) is 105 Å². The van der Waals surface area contributed by atoms with E-state index in [1.54, 1.807) is 0 Å². The summed E-state index contributed by atoms with van der Waals surface area (Å²) in [6.07, 6.45) is 5.72. The van der Waals surface area contributed by atoms with Gasteiger partial charge in [0.05, 0.1) is 33.1 Å². The summed E-state index contributed by atoms with van der Waals surface area (Å²) in [5.41, 5.74) is 33.9. The van der Waals surface area contributed by atoms with E-state index in [2.05, 4.69) is 454 Å². The molecule has 0 bridgehead atoms. The van der Waals surface area contributed by atoms with Gasteiger partial charge in [-0.05, 0) is 196 Å². The van der Waals surface area contributed by atoms with E-state index < -0.39 is 0 Å². The molecule has 20 aromatic rings. The zero-order chi connectivity index (χ0) is 83.3. The molecular weight excluding hydrogens is 2040 g/mol. The van der Waals surface area contributed by atoms with Crippen molar-refractivity contribution < 1.29 is 60.3 Å². The van der Waals surface area contributed by atoms with E-state index in [9.17, 15) is 0 Å². The second kappa shape index (κ2) is 36.0. The van der Waals surface area contributed by atoms with Crippen molar-refractivity contribution in [2.75, 3.05) is 0 Å². The van der Waals surface area contributed by atoms with Crippen LogP contribution in [0.3, 0.4) is 0 Å². The van der Waals surface area contributed by atoms with E-state index in [4.69, 9.17) is 9.97 Å². The first-order valence-electron chi connectivity index (χ1n) is 42.0. The summed E-state index contributed by atoms with van der Waals surface area (Å²) in [6, 6.07) is 137. The van der Waals surface area contributed by atoms with Crippen LogP contribution in [0.15, 0.2) is 370 Å². The minimum Gasteiger partial charge on any atom is -0.310 e. The summed E-state index contributed by atoms with van der Waals surface area (Å²) in [4.78, 5) is 14.1. The standard InChI is InChI=1S/C43H39N2.C37H35N2.C35H23N2.3Ir/c1-42(2,3)34-18-12-30(13-19-34)33-17-23-41-38(27-33)37-26-32(29-10-8-7-9-11-29)16-22-40(37)45(41)36-24-25-44-39(28-36)31-14-20-35(21-15-31)43(4,5)6;1-36(2,3)28-15-12-26(13-16-28)33-24-30(20-21-38-33)39-34-18-14-27(25-10-8-7-9-11-25)22-31(34)32-23-29(37(4,5)6)17-19-35(32)39;1-4-10-25(11-5-1)28-16-18-34-31(22-28)32-23-29(26-12-6-2-7-13-26)17-19-35(32)37(34)30-20-21-36-33(24-30)27-14-8-3-9-15-27;;;/h7-14,16-28H,1-6H3;7-12,14-24H,1-6H3;1-14,16-24H;;;/q3*-1;;;. The molecule has 617 valence electrons. The van der Waals surface area contributed by atoms with Crippen molar-refractivity contribution in [3.8, 4) is 106 Å². The molecule has 6 nitrogen and oxygen atoms in total. The number of rotatable bonds is 11. The average Bonchev–Trinajstić information content (AvgIpc) is 1.59. The second-order valence-corrected chi connectivity index (χ2v) is 35.9. The first-order chi connectivity index (χ1) is 58.5. The SMILES string of the molecule is CC(C)(C)c1c[c-]c(-c2cc(-n3c4ccc(-c5ccccc5)cc4c4cc(-c5ccc(C(C)(C)C)cc5)ccc43)ccn2)cc1.CC(C)(C)c1c[c-]c(-c2cc(-n3c4ccc(-c5ccccc5)cc4c4cc(C(C)(C)C)ccc43)ccn2)cc1.[Ir].[Ir].[Ir].[c-]1ccccc1-c1cc(-n2c3ccc(-c4ccccc4)cc3c3cc(-c4ccccc4)ccc32)ccn1. The first kappa shape index (κ1) is 86.8. The van der Waals surface area contributed by atoms with Gasteiger partial charge >= 0.3 is 0 Å². The van der Waals surface area contributed by atoms with Crippen molar-refractivity contribution in [1.29, 1.82) is 0 Å². The average molecular weight is 2140 g/mol. The fourth-order valence-electron chi connectivity index (χ4n) is 16.7. The Kier molecular flexibility index (Phi) is 25.2. The largest absolute Gasteiger partial charge is 0.310 e. The summed E-state index contributed by atoms with van der Waals surface area (Å²) in [5, 5.41) is 7.47. The molecule has 0 fully saturated rings. The van der Waals surface area contributed by atoms with E-state index in [0.717, 1.165) is 50.8 Å². The van der Waals surface area contributed by atoms with Gasteiger partial charge in [-0.25, -0.2) is 0 Å². The summed E-state index contributed by atoms with van der Waals surface area (Å²) in [5.74, 6) is 0. The molecule has 0 aliphatic rings. The number of hydrogen-bond acceptors (Lipinski definition) is 3. The van der Waals surface area contributed by atoms with Gasteiger partial charge < -0.3 is 28.7 Å². The van der Waals surface area contributed by atoms with Gasteiger partial charge in [0, 0.05) is 128 Å². The Hall–Kier alpha value is -12.1. The third kappa shape index (κ3) is 17.9. The van der Waals surface area contributed by atoms with Gasteiger partial charge in [-0.2, -0.15) is 0 Å². The van der Waals surface area contributed by atoms with E-state index in [1.807, 2.05) is 36.8 Å². The maximum Gasteiger partial charge on any atom is 0.0541 e. The van der Waals surface area contributed by atoms with Crippen molar-refractivity contribution in [3.63, 3.8) is 0 Å². The molecule has 124 heavy (non-hydrogen) atoms. The number of hydrogen-bond donors (Lipinski definition) is 0. The Bertz CT molecular complexity index is 7070. The second-order valence-electron chi connectivity index (χ2n) is 35.9. The predicted octanol–water partition coefficient (Wildman–Crippen LogP) is 30.5. The first-order valence-corrected chi connectivity index (χ1v) is 42.0. The van der Waals surface area contributed by atoms with Gasteiger partial charge in [0.15, 0.2) is 0 Å². The normalized spacial score (nSPS) is 11.7. The summed E-state index contributed by atoms with van der Waals surface area (Å²) in [7, 11) is 0. The van der Waals surface area contributed by atoms with Crippen LogP contribution in [0.2, 0.25) is 0 Å². The minimum absolute atomic E-state index is 0. The van der Waals surface area contributed by atoms with Crippen molar-refractivity contribution in [3.05, 3.63) is 411 Å². The van der Waals surface area contributed by atoms with Gasteiger partial charge in [0.25, 0.3) is 0 Å². The van der Waals surface area contributed by atoms with Crippen LogP contribution in [0.4, 0.5) is 0 Å². The molecule has 0 spiro atoms. The molecular formula is C115H97Ir3N6-3. The van der Waals surface area contributed by atoms with Crippen LogP contribution in [-0.2, 0) is 82.0 Å². The Balaban J connectivity index is 0.000000143. The molecule has 20 rings (SSSR count). The Morgan fingerprint density at radius 3 is 0.734 bits per heavy atom. The molecule has 14 aromatic carbocycles.